The molecule has 27 heteroatoms. The standard InChI is InChI=1S/C28H48N4O23/c1-6(36)31(29)8(3-33)19(12(39)9(38)4-34)51-28-18(45)16(43)21(23(55-28)25(48)49)53-26-11(32(30)7(2)37)20(13(40)10(5-35)50-26)52-27-17(44)14(41)15(42)22(54-27)24(46)47/h8-23,26-28,33-35,38-45H,3-5,29-30H2,1-2H3,(H,46,47)(H,48,49)/t8?,9?,10?,11?,12-,13-,14?,15+,16?,17?,18?,19?,20?,21+,22?,23?,26+,27-,28-/m1/s1. The molecule has 55 heavy (non-hydrogen) atoms. The van der Waals surface area contributed by atoms with Crippen molar-refractivity contribution in [3.8, 4) is 0 Å². The van der Waals surface area contributed by atoms with Gasteiger partial charge in [-0.1, -0.05) is 0 Å². The Balaban J connectivity index is 2.01. The second kappa shape index (κ2) is 19.5. The number of amides is 2. The van der Waals surface area contributed by atoms with E-state index in [2.05, 4.69) is 0 Å². The molecule has 3 saturated heterocycles. The van der Waals surface area contributed by atoms with Crippen molar-refractivity contribution in [3.63, 3.8) is 0 Å². The van der Waals surface area contributed by atoms with Gasteiger partial charge in [0.05, 0.1) is 19.8 Å². The fraction of sp³-hybridized carbons (Fsp3) is 0.857. The molecule has 2 amide bonds. The van der Waals surface area contributed by atoms with Crippen LogP contribution in [0.15, 0.2) is 0 Å². The Bertz CT molecular complexity index is 1320. The molecule has 0 bridgehead atoms. The van der Waals surface area contributed by atoms with Crippen molar-refractivity contribution in [1.29, 1.82) is 0 Å². The number of aliphatic hydroxyl groups excluding tert-OH is 11. The molecule has 3 rings (SSSR count). The summed E-state index contributed by atoms with van der Waals surface area (Å²) in [6, 6.07) is -3.75. The highest BCUT2D eigenvalue weighted by Crippen LogP contribution is 2.35. The van der Waals surface area contributed by atoms with Crippen LogP contribution in [0.4, 0.5) is 0 Å². The van der Waals surface area contributed by atoms with Crippen molar-refractivity contribution in [3.05, 3.63) is 0 Å². The largest absolute Gasteiger partial charge is 0.479 e. The van der Waals surface area contributed by atoms with E-state index in [0.717, 1.165) is 13.8 Å². The number of carbonyl (C=O) groups excluding carboxylic acids is 2. The molecule has 3 aliphatic heterocycles. The van der Waals surface area contributed by atoms with Gasteiger partial charge in [0.25, 0.3) is 0 Å². The summed E-state index contributed by atoms with van der Waals surface area (Å²) in [5, 5.41) is 135. The van der Waals surface area contributed by atoms with Crippen LogP contribution in [-0.4, -0.2) is 236 Å². The second-order valence-electron chi connectivity index (χ2n) is 12.8. The van der Waals surface area contributed by atoms with E-state index in [0.29, 0.717) is 10.0 Å². The van der Waals surface area contributed by atoms with Crippen LogP contribution in [0.2, 0.25) is 0 Å². The van der Waals surface area contributed by atoms with Gasteiger partial charge in [0.1, 0.15) is 85.3 Å². The molecule has 0 aromatic rings. The van der Waals surface area contributed by atoms with Gasteiger partial charge in [-0.25, -0.2) is 21.3 Å². The number of carboxylic acids is 2. The third kappa shape index (κ3) is 9.99. The summed E-state index contributed by atoms with van der Waals surface area (Å²) in [7, 11) is 0. The molecule has 0 saturated carbocycles. The predicted octanol–water partition coefficient (Wildman–Crippen LogP) is -10.5. The smallest absolute Gasteiger partial charge is 0.335 e. The molecule has 3 aliphatic rings. The van der Waals surface area contributed by atoms with E-state index in [-0.39, 0.29) is 0 Å². The summed E-state index contributed by atoms with van der Waals surface area (Å²) < 4.78 is 32.8. The molecule has 27 nitrogen and oxygen atoms in total. The molecule has 0 radical (unpaired) electrons. The van der Waals surface area contributed by atoms with E-state index < -0.39 is 160 Å². The monoisotopic (exact) mass is 808 g/mol. The highest BCUT2D eigenvalue weighted by atomic mass is 16.8. The Morgan fingerprint density at radius 2 is 1.22 bits per heavy atom. The van der Waals surface area contributed by atoms with E-state index >= 15 is 0 Å². The molecule has 3 fully saturated rings. The van der Waals surface area contributed by atoms with Crippen LogP contribution in [-0.2, 0) is 47.6 Å². The molecule has 12 unspecified atom stereocenters. The first kappa shape index (κ1) is 46.5. The molecule has 318 valence electrons. The molecular formula is C28H48N4O23. The van der Waals surface area contributed by atoms with Crippen molar-refractivity contribution < 1.29 is 114 Å². The minimum atomic E-state index is -2.42. The number of hydrogen-bond acceptors (Lipinski definition) is 23. The predicted molar refractivity (Wildman–Crippen MR) is 166 cm³/mol. The molecule has 17 N–H and O–H groups in total. The summed E-state index contributed by atoms with van der Waals surface area (Å²) in [5.74, 6) is 5.91. The number of rotatable bonds is 16. The fourth-order valence-corrected chi connectivity index (χ4v) is 6.06. The Hall–Kier alpha value is -2.88. The van der Waals surface area contributed by atoms with Gasteiger partial charge in [-0.05, 0) is 0 Å². The third-order valence-electron chi connectivity index (χ3n) is 9.19. The molecular weight excluding hydrogens is 760 g/mol. The Labute approximate surface area is 309 Å². The lowest BCUT2D eigenvalue weighted by molar-refractivity contribution is -0.371. The van der Waals surface area contributed by atoms with Gasteiger partial charge < -0.3 is 94.8 Å². The first-order valence-electron chi connectivity index (χ1n) is 16.4. The van der Waals surface area contributed by atoms with Gasteiger partial charge >= 0.3 is 11.9 Å². The summed E-state index contributed by atoms with van der Waals surface area (Å²) in [4.78, 5) is 48.7. The number of nitrogens with two attached hydrogens (primary N) is 2. The topological polar surface area (TPSA) is 445 Å². The van der Waals surface area contributed by atoms with Crippen LogP contribution in [0.3, 0.4) is 0 Å². The number of aliphatic carboxylic acids is 2. The van der Waals surface area contributed by atoms with Crippen molar-refractivity contribution in [2.45, 2.75) is 130 Å². The summed E-state index contributed by atoms with van der Waals surface area (Å²) in [6.07, 6.45) is -37.2. The first-order valence-corrected chi connectivity index (χ1v) is 16.4. The number of aliphatic hydroxyl groups is 11. The number of hydrazine groups is 2. The van der Waals surface area contributed by atoms with Crippen molar-refractivity contribution in [2.75, 3.05) is 19.8 Å². The third-order valence-corrected chi connectivity index (χ3v) is 9.19. The highest BCUT2D eigenvalue weighted by Gasteiger charge is 2.57. The van der Waals surface area contributed by atoms with Crippen LogP contribution < -0.4 is 11.7 Å². The Morgan fingerprint density at radius 1 is 0.673 bits per heavy atom. The van der Waals surface area contributed by atoms with Crippen LogP contribution in [0.5, 0.6) is 0 Å². The molecule has 0 aliphatic carbocycles. The Morgan fingerprint density at radius 3 is 1.71 bits per heavy atom. The van der Waals surface area contributed by atoms with E-state index in [9.17, 15) is 85.6 Å². The maximum Gasteiger partial charge on any atom is 0.335 e. The quantitative estimate of drug-likeness (QED) is 0.0391. The number of carbonyl (C=O) groups is 4. The second-order valence-corrected chi connectivity index (χ2v) is 12.8. The molecule has 19 atom stereocenters. The highest BCUT2D eigenvalue weighted by molar-refractivity contribution is 5.74. The Kier molecular flexibility index (Phi) is 16.5. The zero-order valence-electron chi connectivity index (χ0n) is 29.0. The number of carboxylic acid groups (broad SMARTS) is 2. The lowest BCUT2D eigenvalue weighted by atomic mass is 9.94. The van der Waals surface area contributed by atoms with Crippen molar-refractivity contribution in [1.82, 2.24) is 10.0 Å². The van der Waals surface area contributed by atoms with Crippen LogP contribution >= 0.6 is 0 Å². The molecule has 0 spiro atoms. The maximum atomic E-state index is 12.5. The minimum absolute atomic E-state index is 0.302. The minimum Gasteiger partial charge on any atom is -0.479 e. The number of hydrogen-bond donors (Lipinski definition) is 15. The van der Waals surface area contributed by atoms with Gasteiger partial charge in [-0.3, -0.25) is 19.6 Å². The van der Waals surface area contributed by atoms with Gasteiger partial charge in [-0.15, -0.1) is 0 Å². The number of ether oxygens (including phenoxy) is 6. The van der Waals surface area contributed by atoms with Crippen molar-refractivity contribution >= 4 is 23.8 Å². The first-order chi connectivity index (χ1) is 25.6. The summed E-state index contributed by atoms with van der Waals surface area (Å²) in [6.45, 7) is -1.46. The van der Waals surface area contributed by atoms with Crippen LogP contribution in [0.1, 0.15) is 13.8 Å². The van der Waals surface area contributed by atoms with E-state index in [1.807, 2.05) is 0 Å². The van der Waals surface area contributed by atoms with E-state index in [1.54, 1.807) is 0 Å². The van der Waals surface area contributed by atoms with Gasteiger partial charge in [0, 0.05) is 13.8 Å². The number of nitrogens with zero attached hydrogens (tertiary/aromatic N) is 2. The van der Waals surface area contributed by atoms with Gasteiger partial charge in [-0.2, -0.15) is 0 Å². The SMILES string of the molecule is CC(=O)N(N)C(CO)C(O[C@@H]1OC(C(=O)O)[C@@H](O[C@@H]2OC(CO)[C@@H](O)C(O[C@@H]3OC(C(=O)O)[C@@H](O)C(O)C3O)C2N(N)C(C)=O)C(O)C1O)[C@H](O)C(O)CO. The maximum absolute atomic E-state index is 12.5. The summed E-state index contributed by atoms with van der Waals surface area (Å²) >= 11 is 0. The molecule has 0 aromatic heterocycles. The normalized spacial score (nSPS) is 39.0. The molecule has 3 heterocycles. The lowest BCUT2D eigenvalue weighted by Crippen LogP contribution is -2.71. The van der Waals surface area contributed by atoms with Gasteiger partial charge in [0.15, 0.2) is 31.1 Å². The lowest BCUT2D eigenvalue weighted by Gasteiger charge is -2.50. The van der Waals surface area contributed by atoms with Gasteiger partial charge in [0.2, 0.25) is 11.8 Å². The van der Waals surface area contributed by atoms with E-state index in [4.69, 9.17) is 40.1 Å². The summed E-state index contributed by atoms with van der Waals surface area (Å²) in [5.41, 5.74) is 0. The van der Waals surface area contributed by atoms with Crippen LogP contribution in [0.25, 0.3) is 0 Å². The van der Waals surface area contributed by atoms with Crippen LogP contribution in [0, 0.1) is 0 Å². The van der Waals surface area contributed by atoms with E-state index in [1.165, 1.54) is 0 Å². The average Bonchev–Trinajstić information content (AvgIpc) is 3.13. The fourth-order valence-electron chi connectivity index (χ4n) is 6.06. The zero-order valence-corrected chi connectivity index (χ0v) is 29.0. The average molecular weight is 809 g/mol. The zero-order chi connectivity index (χ0) is 41.8. The molecule has 0 aromatic carbocycles. The van der Waals surface area contributed by atoms with Crippen molar-refractivity contribution in [2.24, 2.45) is 11.7 Å².